The molecule has 170 valence electrons. The minimum Gasteiger partial charge on any atom is -0.346 e. The number of likely N-dealkylation sites (N-methyl/N-ethyl adjacent to an activating group) is 1. The second kappa shape index (κ2) is 8.29. The molecular weight excluding hydrogens is 425 g/mol. The topological polar surface area (TPSA) is 99.2 Å². The van der Waals surface area contributed by atoms with Crippen molar-refractivity contribution in [2.45, 2.75) is 45.2 Å². The summed E-state index contributed by atoms with van der Waals surface area (Å²) in [6, 6.07) is 0.560. The van der Waals surface area contributed by atoms with Crippen LogP contribution < -0.4 is 20.9 Å². The zero-order valence-corrected chi connectivity index (χ0v) is 17.8. The van der Waals surface area contributed by atoms with E-state index in [1.54, 1.807) is 6.92 Å². The van der Waals surface area contributed by atoms with Crippen molar-refractivity contribution in [2.75, 3.05) is 22.6 Å². The van der Waals surface area contributed by atoms with Crippen LogP contribution in [-0.2, 0) is 11.2 Å². The molecule has 0 unspecified atom stereocenters. The van der Waals surface area contributed by atoms with E-state index in [0.29, 0.717) is 42.3 Å². The minimum absolute atomic E-state index is 0.103. The van der Waals surface area contributed by atoms with E-state index in [9.17, 15) is 22.8 Å². The first-order valence-corrected chi connectivity index (χ1v) is 10.3. The van der Waals surface area contributed by atoms with E-state index in [2.05, 4.69) is 25.9 Å². The first-order chi connectivity index (χ1) is 15.1. The number of hydrogen-bond acceptors (Lipinski definition) is 5. The summed E-state index contributed by atoms with van der Waals surface area (Å²) < 4.78 is 40.0. The Kier molecular flexibility index (Phi) is 5.66. The quantitative estimate of drug-likeness (QED) is 0.625. The van der Waals surface area contributed by atoms with Crippen LogP contribution in [0, 0.1) is 30.3 Å². The van der Waals surface area contributed by atoms with E-state index in [-0.39, 0.29) is 23.9 Å². The van der Waals surface area contributed by atoms with Gasteiger partial charge in [0.2, 0.25) is 5.91 Å². The van der Waals surface area contributed by atoms with Gasteiger partial charge in [0.25, 0.3) is 0 Å². The SMILES string of the molecule is Cc1nc(CC2CC(NC(=O)Nc3ccc(F)c(F)c3F)C2)nc2c1NC(=O)[C@H](C)N2C. The van der Waals surface area contributed by atoms with Gasteiger partial charge in [-0.3, -0.25) is 4.79 Å². The molecule has 1 aromatic carbocycles. The molecule has 0 radical (unpaired) electrons. The molecule has 1 atom stereocenters. The number of halogens is 3. The van der Waals surface area contributed by atoms with Crippen molar-refractivity contribution < 1.29 is 22.8 Å². The molecule has 1 aliphatic heterocycles. The number of anilines is 3. The summed E-state index contributed by atoms with van der Waals surface area (Å²) in [7, 11) is 1.82. The molecule has 1 saturated carbocycles. The number of amides is 3. The summed E-state index contributed by atoms with van der Waals surface area (Å²) in [6.07, 6.45) is 1.97. The highest BCUT2D eigenvalue weighted by molar-refractivity contribution is 6.02. The maximum atomic E-state index is 13.7. The molecule has 8 nitrogen and oxygen atoms in total. The van der Waals surface area contributed by atoms with Gasteiger partial charge in [-0.1, -0.05) is 0 Å². The molecule has 1 aromatic heterocycles. The summed E-state index contributed by atoms with van der Waals surface area (Å²) in [5.74, 6) is -2.91. The Labute approximate surface area is 182 Å². The van der Waals surface area contributed by atoms with Gasteiger partial charge in [0.15, 0.2) is 23.3 Å². The maximum absolute atomic E-state index is 13.7. The Morgan fingerprint density at radius 3 is 2.66 bits per heavy atom. The van der Waals surface area contributed by atoms with Crippen LogP contribution in [-0.4, -0.2) is 41.0 Å². The predicted molar refractivity (Wildman–Crippen MR) is 112 cm³/mol. The van der Waals surface area contributed by atoms with Crippen LogP contribution in [0.2, 0.25) is 0 Å². The van der Waals surface area contributed by atoms with Gasteiger partial charge in [0.05, 0.1) is 11.4 Å². The van der Waals surface area contributed by atoms with Crippen LogP contribution in [0.4, 0.5) is 35.2 Å². The Morgan fingerprint density at radius 2 is 1.94 bits per heavy atom. The third kappa shape index (κ3) is 4.06. The van der Waals surface area contributed by atoms with Crippen molar-refractivity contribution >= 4 is 29.1 Å². The van der Waals surface area contributed by atoms with Gasteiger partial charge in [0, 0.05) is 19.5 Å². The third-order valence-corrected chi connectivity index (χ3v) is 5.99. The van der Waals surface area contributed by atoms with E-state index in [0.717, 1.165) is 12.1 Å². The third-order valence-electron chi connectivity index (χ3n) is 5.99. The monoisotopic (exact) mass is 448 g/mol. The molecule has 3 N–H and O–H groups in total. The van der Waals surface area contributed by atoms with Gasteiger partial charge >= 0.3 is 6.03 Å². The van der Waals surface area contributed by atoms with Crippen LogP contribution >= 0.6 is 0 Å². The molecule has 0 spiro atoms. The van der Waals surface area contributed by atoms with Gasteiger partial charge in [-0.05, 0) is 44.7 Å². The highest BCUT2D eigenvalue weighted by Gasteiger charge is 2.33. The Bertz CT molecular complexity index is 1090. The van der Waals surface area contributed by atoms with Crippen molar-refractivity contribution in [3.05, 3.63) is 41.1 Å². The molecule has 4 rings (SSSR count). The fraction of sp³-hybridized carbons (Fsp3) is 0.429. The molecule has 1 fully saturated rings. The molecule has 32 heavy (non-hydrogen) atoms. The summed E-state index contributed by atoms with van der Waals surface area (Å²) in [5.41, 5.74) is 0.883. The second-order valence-electron chi connectivity index (χ2n) is 8.26. The number of benzene rings is 1. The number of carbonyl (C=O) groups excluding carboxylic acids is 2. The van der Waals surface area contributed by atoms with Gasteiger partial charge in [-0.15, -0.1) is 0 Å². The number of aromatic nitrogens is 2. The number of aryl methyl sites for hydroxylation is 1. The average Bonchev–Trinajstić information content (AvgIpc) is 2.72. The number of rotatable bonds is 4. The average molecular weight is 448 g/mol. The molecule has 2 aliphatic rings. The zero-order valence-electron chi connectivity index (χ0n) is 17.8. The normalized spacial score (nSPS) is 22.0. The van der Waals surface area contributed by atoms with E-state index in [1.807, 2.05) is 18.9 Å². The first-order valence-electron chi connectivity index (χ1n) is 10.3. The lowest BCUT2D eigenvalue weighted by molar-refractivity contribution is -0.117. The molecule has 2 heterocycles. The lowest BCUT2D eigenvalue weighted by atomic mass is 9.78. The maximum Gasteiger partial charge on any atom is 0.319 e. The molecule has 11 heteroatoms. The molecule has 0 bridgehead atoms. The number of carbonyl (C=O) groups is 2. The Balaban J connectivity index is 1.32. The van der Waals surface area contributed by atoms with Crippen LogP contribution in [0.1, 0.15) is 31.3 Å². The predicted octanol–water partition coefficient (Wildman–Crippen LogP) is 3.12. The summed E-state index contributed by atoms with van der Waals surface area (Å²) >= 11 is 0. The summed E-state index contributed by atoms with van der Waals surface area (Å²) in [6.45, 7) is 3.62. The smallest absolute Gasteiger partial charge is 0.319 e. The van der Waals surface area contributed by atoms with E-state index in [4.69, 9.17) is 0 Å². The van der Waals surface area contributed by atoms with Crippen molar-refractivity contribution in [2.24, 2.45) is 5.92 Å². The van der Waals surface area contributed by atoms with E-state index < -0.39 is 29.2 Å². The first kappa shape index (κ1) is 21.8. The molecule has 1 aliphatic carbocycles. The van der Waals surface area contributed by atoms with Crippen molar-refractivity contribution in [1.82, 2.24) is 15.3 Å². The second-order valence-corrected chi connectivity index (χ2v) is 8.26. The van der Waals surface area contributed by atoms with E-state index >= 15 is 0 Å². The van der Waals surface area contributed by atoms with Gasteiger partial charge < -0.3 is 20.9 Å². The van der Waals surface area contributed by atoms with Crippen LogP contribution in [0.25, 0.3) is 0 Å². The molecule has 2 aromatic rings. The molecule has 3 amide bonds. The number of nitrogens with zero attached hydrogens (tertiary/aromatic N) is 3. The van der Waals surface area contributed by atoms with Crippen LogP contribution in [0.15, 0.2) is 12.1 Å². The number of fused-ring (bicyclic) bond motifs is 1. The lowest BCUT2D eigenvalue weighted by Gasteiger charge is -2.36. The summed E-state index contributed by atoms with van der Waals surface area (Å²) in [4.78, 5) is 35.0. The van der Waals surface area contributed by atoms with Crippen molar-refractivity contribution in [3.8, 4) is 0 Å². The molecule has 0 saturated heterocycles. The largest absolute Gasteiger partial charge is 0.346 e. The van der Waals surface area contributed by atoms with Crippen molar-refractivity contribution in [1.29, 1.82) is 0 Å². The zero-order chi connectivity index (χ0) is 23.2. The fourth-order valence-electron chi connectivity index (χ4n) is 3.94. The van der Waals surface area contributed by atoms with Gasteiger partial charge in [-0.2, -0.15) is 0 Å². The minimum atomic E-state index is -1.63. The number of nitrogens with one attached hydrogen (secondary N) is 3. The fourth-order valence-corrected chi connectivity index (χ4v) is 3.94. The molecular formula is C21H23F3N6O2. The van der Waals surface area contributed by atoms with Crippen molar-refractivity contribution in [3.63, 3.8) is 0 Å². The Hall–Kier alpha value is -3.37. The van der Waals surface area contributed by atoms with Crippen LogP contribution in [0.5, 0.6) is 0 Å². The standard InChI is InChI=1S/C21H23F3N6O2/c1-9-18-19(30(3)10(2)20(31)29-18)28-15(25-9)8-11-6-12(7-11)26-21(32)27-14-5-4-13(22)16(23)17(14)24/h4-5,10-12H,6-8H2,1-3H3,(H,29,31)(H2,26,27,32)/t10-,11?,12?/m0/s1. The van der Waals surface area contributed by atoms with Gasteiger partial charge in [-0.25, -0.2) is 27.9 Å². The van der Waals surface area contributed by atoms with E-state index in [1.165, 1.54) is 0 Å². The summed E-state index contributed by atoms with van der Waals surface area (Å²) in [5, 5.41) is 7.74. The van der Waals surface area contributed by atoms with Gasteiger partial charge in [0.1, 0.15) is 17.6 Å². The highest BCUT2D eigenvalue weighted by Crippen LogP contribution is 2.34. The van der Waals surface area contributed by atoms with Crippen LogP contribution in [0.3, 0.4) is 0 Å². The Morgan fingerprint density at radius 1 is 1.22 bits per heavy atom. The number of hydrogen-bond donors (Lipinski definition) is 3. The number of urea groups is 1. The lowest BCUT2D eigenvalue weighted by Crippen LogP contribution is -2.47. The highest BCUT2D eigenvalue weighted by atomic mass is 19.2.